The minimum atomic E-state index is -2.39. The molecule has 0 amide bonds. The first kappa shape index (κ1) is 16.3. The number of ether oxygens (including phenoxy) is 2. The SMILES string of the molecule is COOC(OC)(C(=O)O)C(OC)C(=O)c1ccccc1. The third-order valence-corrected chi connectivity index (χ3v) is 2.69. The standard InChI is InChI=1S/C13H16O7/c1-17-11(10(14)9-7-5-4-6-8-9)13(18-2,12(15)16)20-19-3/h4-8,11H,1-3H3,(H,15,16). The molecule has 20 heavy (non-hydrogen) atoms. The number of ketones is 1. The van der Waals surface area contributed by atoms with Gasteiger partial charge in [0.25, 0.3) is 0 Å². The number of hydrogen-bond acceptors (Lipinski definition) is 6. The fourth-order valence-corrected chi connectivity index (χ4v) is 1.73. The smallest absolute Gasteiger partial charge is 0.370 e. The molecule has 0 spiro atoms. The predicted octanol–water partition coefficient (Wildman–Crippen LogP) is 0.890. The highest BCUT2D eigenvalue weighted by Gasteiger charge is 2.54. The lowest BCUT2D eigenvalue weighted by molar-refractivity contribution is -0.414. The van der Waals surface area contributed by atoms with Crippen LogP contribution in [0.5, 0.6) is 0 Å². The monoisotopic (exact) mass is 284 g/mol. The first-order chi connectivity index (χ1) is 9.53. The first-order valence-corrected chi connectivity index (χ1v) is 5.66. The number of methoxy groups -OCH3 is 2. The van der Waals surface area contributed by atoms with Crippen LogP contribution in [0.1, 0.15) is 10.4 Å². The molecule has 0 bridgehead atoms. The van der Waals surface area contributed by atoms with Gasteiger partial charge in [0.1, 0.15) is 0 Å². The van der Waals surface area contributed by atoms with Crippen molar-refractivity contribution in [3.8, 4) is 0 Å². The Balaban J connectivity index is 3.20. The third kappa shape index (κ3) is 3.02. The van der Waals surface area contributed by atoms with Crippen molar-refractivity contribution >= 4 is 11.8 Å². The van der Waals surface area contributed by atoms with E-state index in [1.807, 2.05) is 0 Å². The van der Waals surface area contributed by atoms with Gasteiger partial charge in [0.15, 0.2) is 11.9 Å². The molecule has 1 aromatic carbocycles. The van der Waals surface area contributed by atoms with Crippen LogP contribution >= 0.6 is 0 Å². The minimum Gasteiger partial charge on any atom is -0.477 e. The van der Waals surface area contributed by atoms with Crippen molar-refractivity contribution in [1.82, 2.24) is 0 Å². The molecule has 0 heterocycles. The Hall–Kier alpha value is -1.80. The van der Waals surface area contributed by atoms with Crippen LogP contribution in [-0.2, 0) is 24.0 Å². The Morgan fingerprint density at radius 2 is 1.75 bits per heavy atom. The van der Waals surface area contributed by atoms with E-state index in [4.69, 9.17) is 9.47 Å². The average molecular weight is 284 g/mol. The van der Waals surface area contributed by atoms with Crippen LogP contribution in [0.3, 0.4) is 0 Å². The number of rotatable bonds is 8. The second-order valence-corrected chi connectivity index (χ2v) is 3.77. The maximum absolute atomic E-state index is 12.4. The highest BCUT2D eigenvalue weighted by molar-refractivity contribution is 6.03. The number of benzene rings is 1. The van der Waals surface area contributed by atoms with Gasteiger partial charge in [-0.2, -0.15) is 4.89 Å². The molecular formula is C13H16O7. The largest absolute Gasteiger partial charge is 0.477 e. The fourth-order valence-electron chi connectivity index (χ4n) is 1.73. The lowest BCUT2D eigenvalue weighted by atomic mass is 9.99. The summed E-state index contributed by atoms with van der Waals surface area (Å²) in [4.78, 5) is 32.8. The van der Waals surface area contributed by atoms with Crippen molar-refractivity contribution in [2.75, 3.05) is 21.3 Å². The van der Waals surface area contributed by atoms with Gasteiger partial charge in [0.05, 0.1) is 7.11 Å². The topological polar surface area (TPSA) is 91.3 Å². The molecule has 0 aliphatic heterocycles. The van der Waals surface area contributed by atoms with Gasteiger partial charge in [-0.05, 0) is 0 Å². The number of carbonyl (C=O) groups is 2. The highest BCUT2D eigenvalue weighted by atomic mass is 17.2. The number of aliphatic carboxylic acids is 1. The van der Waals surface area contributed by atoms with Gasteiger partial charge in [0.2, 0.25) is 0 Å². The van der Waals surface area contributed by atoms with Crippen LogP contribution in [0.4, 0.5) is 0 Å². The number of carboxylic acids is 1. The average Bonchev–Trinajstić information content (AvgIpc) is 2.47. The number of carbonyl (C=O) groups excluding carboxylic acids is 1. The third-order valence-electron chi connectivity index (χ3n) is 2.69. The van der Waals surface area contributed by atoms with E-state index in [9.17, 15) is 14.7 Å². The molecule has 2 unspecified atom stereocenters. The Morgan fingerprint density at radius 1 is 1.15 bits per heavy atom. The van der Waals surface area contributed by atoms with E-state index in [1.165, 1.54) is 19.2 Å². The van der Waals surface area contributed by atoms with E-state index in [1.54, 1.807) is 18.2 Å². The van der Waals surface area contributed by atoms with Crippen molar-refractivity contribution in [3.05, 3.63) is 35.9 Å². The van der Waals surface area contributed by atoms with Gasteiger partial charge in [-0.1, -0.05) is 30.3 Å². The van der Waals surface area contributed by atoms with Gasteiger partial charge >= 0.3 is 11.8 Å². The maximum atomic E-state index is 12.4. The van der Waals surface area contributed by atoms with Crippen molar-refractivity contribution < 1.29 is 33.9 Å². The lowest BCUT2D eigenvalue weighted by Crippen LogP contribution is -2.57. The lowest BCUT2D eigenvalue weighted by Gasteiger charge is -2.31. The van der Waals surface area contributed by atoms with Crippen LogP contribution in [-0.4, -0.2) is 50.1 Å². The zero-order chi connectivity index (χ0) is 15.2. The Kier molecular flexibility index (Phi) is 5.78. The van der Waals surface area contributed by atoms with Gasteiger partial charge in [0, 0.05) is 19.8 Å². The molecule has 0 radical (unpaired) electrons. The first-order valence-electron chi connectivity index (χ1n) is 5.66. The molecule has 0 aliphatic rings. The zero-order valence-corrected chi connectivity index (χ0v) is 11.4. The predicted molar refractivity (Wildman–Crippen MR) is 67.0 cm³/mol. The van der Waals surface area contributed by atoms with Crippen LogP contribution in [0.25, 0.3) is 0 Å². The maximum Gasteiger partial charge on any atom is 0.370 e. The molecule has 110 valence electrons. The van der Waals surface area contributed by atoms with Gasteiger partial charge < -0.3 is 14.6 Å². The van der Waals surface area contributed by atoms with E-state index in [2.05, 4.69) is 9.78 Å². The van der Waals surface area contributed by atoms with Crippen molar-refractivity contribution in [2.24, 2.45) is 0 Å². The summed E-state index contributed by atoms with van der Waals surface area (Å²) in [6, 6.07) is 8.08. The molecule has 0 saturated carbocycles. The molecule has 0 fully saturated rings. The molecule has 1 rings (SSSR count). The molecule has 0 saturated heterocycles. The summed E-state index contributed by atoms with van der Waals surface area (Å²) < 4.78 is 9.82. The van der Waals surface area contributed by atoms with E-state index >= 15 is 0 Å². The summed E-state index contributed by atoms with van der Waals surface area (Å²) in [5, 5.41) is 9.29. The highest BCUT2D eigenvalue weighted by Crippen LogP contribution is 2.24. The van der Waals surface area contributed by atoms with Crippen LogP contribution in [0, 0.1) is 0 Å². The molecule has 2 atom stereocenters. The second kappa shape index (κ2) is 7.11. The summed E-state index contributed by atoms with van der Waals surface area (Å²) in [5.74, 6) is -4.54. The molecule has 0 aromatic heterocycles. The Labute approximate surface area is 115 Å². The summed E-state index contributed by atoms with van der Waals surface area (Å²) >= 11 is 0. The van der Waals surface area contributed by atoms with E-state index in [0.717, 1.165) is 14.2 Å². The van der Waals surface area contributed by atoms with E-state index < -0.39 is 23.6 Å². The van der Waals surface area contributed by atoms with Crippen LogP contribution in [0.15, 0.2) is 30.3 Å². The van der Waals surface area contributed by atoms with Crippen molar-refractivity contribution in [1.29, 1.82) is 0 Å². The van der Waals surface area contributed by atoms with Crippen LogP contribution < -0.4 is 0 Å². The minimum absolute atomic E-state index is 0.265. The second-order valence-electron chi connectivity index (χ2n) is 3.77. The number of carboxylic acid groups (broad SMARTS) is 1. The van der Waals surface area contributed by atoms with Crippen molar-refractivity contribution in [3.63, 3.8) is 0 Å². The quantitative estimate of drug-likeness (QED) is 0.328. The Bertz CT molecular complexity index is 459. The summed E-state index contributed by atoms with van der Waals surface area (Å²) in [6.07, 6.45) is -1.53. The molecule has 7 heteroatoms. The fraction of sp³-hybridized carbons (Fsp3) is 0.385. The zero-order valence-electron chi connectivity index (χ0n) is 11.4. The molecule has 1 N–H and O–H groups in total. The summed E-state index contributed by atoms with van der Waals surface area (Å²) in [6.45, 7) is 0. The summed E-state index contributed by atoms with van der Waals surface area (Å²) in [7, 11) is 3.37. The summed E-state index contributed by atoms with van der Waals surface area (Å²) in [5.41, 5.74) is 0.265. The molecule has 1 aromatic rings. The van der Waals surface area contributed by atoms with Crippen molar-refractivity contribution in [2.45, 2.75) is 11.9 Å². The van der Waals surface area contributed by atoms with E-state index in [-0.39, 0.29) is 5.56 Å². The van der Waals surface area contributed by atoms with Gasteiger partial charge in [-0.25, -0.2) is 9.68 Å². The Morgan fingerprint density at radius 3 is 2.15 bits per heavy atom. The van der Waals surface area contributed by atoms with E-state index in [0.29, 0.717) is 0 Å². The molecule has 0 aliphatic carbocycles. The molecule has 7 nitrogen and oxygen atoms in total. The van der Waals surface area contributed by atoms with Gasteiger partial charge in [-0.15, -0.1) is 0 Å². The number of hydrogen-bond donors (Lipinski definition) is 1. The normalized spacial score (nSPS) is 15.3. The van der Waals surface area contributed by atoms with Crippen LogP contribution in [0.2, 0.25) is 0 Å². The van der Waals surface area contributed by atoms with Gasteiger partial charge in [-0.3, -0.25) is 4.79 Å². The number of Topliss-reactive ketones (excluding diaryl/α,β-unsaturated/α-hetero) is 1. The molecular weight excluding hydrogens is 268 g/mol.